The average Bonchev–Trinajstić information content (AvgIpc) is 3.23. The summed E-state index contributed by atoms with van der Waals surface area (Å²) in [5.74, 6) is 0.750. The van der Waals surface area contributed by atoms with Crippen LogP contribution >= 0.6 is 0 Å². The number of rotatable bonds is 5. The molecule has 1 aliphatic rings. The van der Waals surface area contributed by atoms with Crippen LogP contribution in [-0.4, -0.2) is 33.7 Å². The van der Waals surface area contributed by atoms with Crippen LogP contribution in [0.2, 0.25) is 0 Å². The van der Waals surface area contributed by atoms with Gasteiger partial charge < -0.3 is 9.64 Å². The maximum atomic E-state index is 13.1. The van der Waals surface area contributed by atoms with Gasteiger partial charge in [-0.1, -0.05) is 30.3 Å². The van der Waals surface area contributed by atoms with Crippen LogP contribution in [0.1, 0.15) is 37.1 Å². The molecule has 0 spiro atoms. The summed E-state index contributed by atoms with van der Waals surface area (Å²) >= 11 is 0. The Labute approximate surface area is 169 Å². The monoisotopic (exact) mass is 391 g/mol. The van der Waals surface area contributed by atoms with Gasteiger partial charge in [-0.25, -0.2) is 4.68 Å². The molecule has 29 heavy (non-hydrogen) atoms. The van der Waals surface area contributed by atoms with Gasteiger partial charge in [0.15, 0.2) is 0 Å². The number of nitrogens with zero attached hydrogens (tertiary/aromatic N) is 3. The topological polar surface area (TPSA) is 64.4 Å². The lowest BCUT2D eigenvalue weighted by atomic mass is 10.0. The van der Waals surface area contributed by atoms with E-state index in [-0.39, 0.29) is 24.1 Å². The summed E-state index contributed by atoms with van der Waals surface area (Å²) in [7, 11) is 0. The van der Waals surface area contributed by atoms with Gasteiger partial charge in [0.25, 0.3) is 5.56 Å². The number of likely N-dealkylation sites (tertiary alicyclic amines) is 1. The highest BCUT2D eigenvalue weighted by atomic mass is 16.5. The van der Waals surface area contributed by atoms with Crippen molar-refractivity contribution >= 4 is 16.7 Å². The Kier molecular flexibility index (Phi) is 5.34. The summed E-state index contributed by atoms with van der Waals surface area (Å²) in [4.78, 5) is 27.7. The van der Waals surface area contributed by atoms with E-state index in [1.54, 1.807) is 6.07 Å². The third-order valence-corrected chi connectivity index (χ3v) is 5.49. The molecule has 0 saturated carbocycles. The number of carbonyl (C=O) groups excluding carboxylic acids is 1. The number of ether oxygens (including phenoxy) is 1. The predicted octanol–water partition coefficient (Wildman–Crippen LogP) is 3.47. The minimum absolute atomic E-state index is 0.0235. The van der Waals surface area contributed by atoms with Crippen molar-refractivity contribution in [2.24, 2.45) is 0 Å². The van der Waals surface area contributed by atoms with Gasteiger partial charge in [-0.05, 0) is 50.5 Å². The standard InChI is InChI=1S/C23H25N3O3/c1-3-29-18-12-10-17(11-13-18)21-9-6-14-25(21)22(27)15-26-23(28)20-8-5-4-7-19(20)16(2)24-26/h4-5,7-8,10-13,21H,3,6,9,14-15H2,1-2H3/t21-/m0/s1. The molecule has 0 unspecified atom stereocenters. The van der Waals surface area contributed by atoms with E-state index in [1.165, 1.54) is 4.68 Å². The fourth-order valence-corrected chi connectivity index (χ4v) is 4.10. The smallest absolute Gasteiger partial charge is 0.275 e. The highest BCUT2D eigenvalue weighted by Crippen LogP contribution is 2.33. The third kappa shape index (κ3) is 3.75. The van der Waals surface area contributed by atoms with Gasteiger partial charge in [-0.3, -0.25) is 9.59 Å². The first kappa shape index (κ1) is 19.2. The molecule has 1 aliphatic heterocycles. The summed E-state index contributed by atoms with van der Waals surface area (Å²) in [6, 6.07) is 15.3. The van der Waals surface area contributed by atoms with Crippen molar-refractivity contribution < 1.29 is 9.53 Å². The lowest BCUT2D eigenvalue weighted by Crippen LogP contribution is -2.37. The molecule has 4 rings (SSSR count). The van der Waals surface area contributed by atoms with Gasteiger partial charge in [-0.15, -0.1) is 0 Å². The summed E-state index contributed by atoms with van der Waals surface area (Å²) < 4.78 is 6.81. The fraction of sp³-hybridized carbons (Fsp3) is 0.348. The highest BCUT2D eigenvalue weighted by molar-refractivity contribution is 5.83. The van der Waals surface area contributed by atoms with E-state index in [1.807, 2.05) is 61.2 Å². The first-order chi connectivity index (χ1) is 14.1. The molecule has 6 nitrogen and oxygen atoms in total. The van der Waals surface area contributed by atoms with Crippen LogP contribution in [0.15, 0.2) is 53.3 Å². The summed E-state index contributed by atoms with van der Waals surface area (Å²) in [6.07, 6.45) is 1.86. The van der Waals surface area contributed by atoms with Crippen molar-refractivity contribution in [3.63, 3.8) is 0 Å². The van der Waals surface area contributed by atoms with Gasteiger partial charge >= 0.3 is 0 Å². The minimum atomic E-state index is -0.226. The number of hydrogen-bond acceptors (Lipinski definition) is 4. The Hall–Kier alpha value is -3.15. The van der Waals surface area contributed by atoms with Crippen LogP contribution in [0, 0.1) is 6.92 Å². The molecule has 0 aliphatic carbocycles. The maximum Gasteiger partial charge on any atom is 0.275 e. The van der Waals surface area contributed by atoms with Gasteiger partial charge in [0.2, 0.25) is 5.91 Å². The first-order valence-corrected chi connectivity index (χ1v) is 10.1. The molecule has 150 valence electrons. The number of carbonyl (C=O) groups is 1. The molecule has 3 aromatic rings. The molecule has 0 N–H and O–H groups in total. The number of hydrogen-bond donors (Lipinski definition) is 0. The Morgan fingerprint density at radius 3 is 2.59 bits per heavy atom. The quantitative estimate of drug-likeness (QED) is 0.668. The maximum absolute atomic E-state index is 13.1. The molecule has 1 amide bonds. The Bertz CT molecular complexity index is 1090. The zero-order valence-electron chi connectivity index (χ0n) is 16.8. The van der Waals surface area contributed by atoms with Crippen molar-refractivity contribution in [3.8, 4) is 5.75 Å². The van der Waals surface area contributed by atoms with E-state index in [0.717, 1.165) is 35.2 Å². The second-order valence-electron chi connectivity index (χ2n) is 7.34. The van der Waals surface area contributed by atoms with Gasteiger partial charge in [0.05, 0.1) is 23.7 Å². The number of aryl methyl sites for hydroxylation is 1. The number of fused-ring (bicyclic) bond motifs is 1. The summed E-state index contributed by atoms with van der Waals surface area (Å²) in [5, 5.41) is 5.81. The third-order valence-electron chi connectivity index (χ3n) is 5.49. The second-order valence-corrected chi connectivity index (χ2v) is 7.34. The highest BCUT2D eigenvalue weighted by Gasteiger charge is 2.30. The van der Waals surface area contributed by atoms with Gasteiger partial charge in [0.1, 0.15) is 12.3 Å². The molecule has 0 bridgehead atoms. The van der Waals surface area contributed by atoms with E-state index in [2.05, 4.69) is 5.10 Å². The molecule has 2 heterocycles. The molecule has 1 atom stereocenters. The molecule has 2 aromatic carbocycles. The van der Waals surface area contributed by atoms with Crippen molar-refractivity contribution in [1.82, 2.24) is 14.7 Å². The summed E-state index contributed by atoms with van der Waals surface area (Å²) in [5.41, 5.74) is 1.61. The molecule has 1 aromatic heterocycles. The van der Waals surface area contributed by atoms with Crippen LogP contribution in [0.4, 0.5) is 0 Å². The van der Waals surface area contributed by atoms with E-state index in [4.69, 9.17) is 4.74 Å². The van der Waals surface area contributed by atoms with E-state index < -0.39 is 0 Å². The lowest BCUT2D eigenvalue weighted by Gasteiger charge is -2.25. The normalized spacial score (nSPS) is 16.3. The molecular formula is C23H25N3O3. The largest absolute Gasteiger partial charge is 0.494 e. The minimum Gasteiger partial charge on any atom is -0.494 e. The fourth-order valence-electron chi connectivity index (χ4n) is 4.10. The SMILES string of the molecule is CCOc1ccc([C@@H]2CCCN2C(=O)Cn2nc(C)c3ccccc3c2=O)cc1. The van der Waals surface area contributed by atoms with Crippen molar-refractivity contribution in [1.29, 1.82) is 0 Å². The Morgan fingerprint density at radius 1 is 1.14 bits per heavy atom. The van der Waals surface area contributed by atoms with Crippen LogP contribution in [-0.2, 0) is 11.3 Å². The van der Waals surface area contributed by atoms with Crippen molar-refractivity contribution in [2.45, 2.75) is 39.3 Å². The van der Waals surface area contributed by atoms with Crippen LogP contribution in [0.25, 0.3) is 10.8 Å². The first-order valence-electron chi connectivity index (χ1n) is 10.1. The van der Waals surface area contributed by atoms with Gasteiger partial charge in [-0.2, -0.15) is 5.10 Å². The second kappa shape index (κ2) is 8.07. The zero-order chi connectivity index (χ0) is 20.4. The van der Waals surface area contributed by atoms with Crippen LogP contribution in [0.3, 0.4) is 0 Å². The molecule has 0 radical (unpaired) electrons. The van der Waals surface area contributed by atoms with Gasteiger partial charge in [0, 0.05) is 11.9 Å². The van der Waals surface area contributed by atoms with Crippen molar-refractivity contribution in [3.05, 3.63) is 70.1 Å². The number of amides is 1. The average molecular weight is 391 g/mol. The van der Waals surface area contributed by atoms with E-state index in [9.17, 15) is 9.59 Å². The summed E-state index contributed by atoms with van der Waals surface area (Å²) in [6.45, 7) is 5.09. The lowest BCUT2D eigenvalue weighted by molar-refractivity contribution is -0.133. The van der Waals surface area contributed by atoms with E-state index >= 15 is 0 Å². The molecule has 6 heteroatoms. The molecule has 1 fully saturated rings. The van der Waals surface area contributed by atoms with Crippen LogP contribution < -0.4 is 10.3 Å². The zero-order valence-corrected chi connectivity index (χ0v) is 16.8. The molecular weight excluding hydrogens is 366 g/mol. The Morgan fingerprint density at radius 2 is 1.86 bits per heavy atom. The Balaban J connectivity index is 1.57. The van der Waals surface area contributed by atoms with Crippen LogP contribution in [0.5, 0.6) is 5.75 Å². The predicted molar refractivity (Wildman–Crippen MR) is 112 cm³/mol. The van der Waals surface area contributed by atoms with E-state index in [0.29, 0.717) is 18.5 Å². The van der Waals surface area contributed by atoms with Crippen molar-refractivity contribution in [2.75, 3.05) is 13.2 Å². The molecule has 1 saturated heterocycles. The number of benzene rings is 2. The number of aromatic nitrogens is 2.